The van der Waals surface area contributed by atoms with Gasteiger partial charge < -0.3 is 15.9 Å². The lowest BCUT2D eigenvalue weighted by Gasteiger charge is -2.18. The van der Waals surface area contributed by atoms with E-state index in [-0.39, 0.29) is 11.6 Å². The summed E-state index contributed by atoms with van der Waals surface area (Å²) in [5, 5.41) is 0. The molecule has 2 aromatic rings. The number of hydrogen-bond donors (Lipinski definition) is 2. The Hall–Kier alpha value is -1.39. The predicted molar refractivity (Wildman–Crippen MR) is 57.1 cm³/mol. The number of hydrogen-bond acceptors (Lipinski definition) is 4. The topological polar surface area (TPSA) is 78.1 Å². The number of fused-ring (bicyclic) bond motifs is 1. The number of oxazole rings is 1. The van der Waals surface area contributed by atoms with Crippen molar-refractivity contribution in [1.29, 1.82) is 0 Å². The minimum absolute atomic E-state index is 0.105. The van der Waals surface area contributed by atoms with Gasteiger partial charge >= 0.3 is 0 Å². The average Bonchev–Trinajstić information content (AvgIpc) is 2.82. The van der Waals surface area contributed by atoms with Gasteiger partial charge in [0.1, 0.15) is 5.52 Å². The van der Waals surface area contributed by atoms with Crippen LogP contribution < -0.4 is 11.5 Å². The average molecular weight is 203 g/mol. The highest BCUT2D eigenvalue weighted by molar-refractivity contribution is 5.73. The third-order valence-corrected chi connectivity index (χ3v) is 3.16. The van der Waals surface area contributed by atoms with Crippen LogP contribution in [0.3, 0.4) is 0 Å². The van der Waals surface area contributed by atoms with E-state index >= 15 is 0 Å². The highest BCUT2D eigenvalue weighted by atomic mass is 16.3. The van der Waals surface area contributed by atoms with E-state index in [2.05, 4.69) is 4.98 Å². The zero-order valence-electron chi connectivity index (χ0n) is 8.31. The molecule has 4 nitrogen and oxygen atoms in total. The lowest BCUT2D eigenvalue weighted by molar-refractivity contribution is 0.534. The quantitative estimate of drug-likeness (QED) is 0.771. The summed E-state index contributed by atoms with van der Waals surface area (Å²) in [5.41, 5.74) is 14.6. The van der Waals surface area contributed by atoms with E-state index in [1.807, 2.05) is 18.2 Å². The van der Waals surface area contributed by atoms with E-state index in [1.54, 1.807) is 0 Å². The van der Waals surface area contributed by atoms with Crippen molar-refractivity contribution in [2.75, 3.05) is 0 Å². The number of benzene rings is 1. The molecule has 0 radical (unpaired) electrons. The van der Waals surface area contributed by atoms with Gasteiger partial charge in [0, 0.05) is 11.6 Å². The van der Waals surface area contributed by atoms with Gasteiger partial charge in [-0.15, -0.1) is 0 Å². The van der Waals surface area contributed by atoms with Crippen LogP contribution in [0.1, 0.15) is 24.4 Å². The summed E-state index contributed by atoms with van der Waals surface area (Å²) in [7, 11) is 0. The summed E-state index contributed by atoms with van der Waals surface area (Å²) in [5.74, 6) is 0. The lowest BCUT2D eigenvalue weighted by Crippen LogP contribution is -2.36. The molecule has 15 heavy (non-hydrogen) atoms. The lowest BCUT2D eigenvalue weighted by atomic mass is 9.99. The van der Waals surface area contributed by atoms with Crippen molar-refractivity contribution in [1.82, 2.24) is 4.98 Å². The van der Waals surface area contributed by atoms with Gasteiger partial charge in [-0.3, -0.25) is 0 Å². The minimum Gasteiger partial charge on any atom is -0.443 e. The van der Waals surface area contributed by atoms with Gasteiger partial charge in [0.2, 0.25) is 0 Å². The van der Waals surface area contributed by atoms with E-state index < -0.39 is 0 Å². The molecule has 1 unspecified atom stereocenters. The van der Waals surface area contributed by atoms with Crippen molar-refractivity contribution in [3.8, 4) is 0 Å². The maximum absolute atomic E-state index is 6.11. The maximum atomic E-state index is 6.11. The van der Waals surface area contributed by atoms with E-state index in [4.69, 9.17) is 15.9 Å². The van der Waals surface area contributed by atoms with Crippen molar-refractivity contribution in [3.63, 3.8) is 0 Å². The number of aromatic nitrogens is 1. The zero-order valence-corrected chi connectivity index (χ0v) is 8.31. The molecule has 1 aliphatic carbocycles. The van der Waals surface area contributed by atoms with Crippen molar-refractivity contribution in [3.05, 3.63) is 30.2 Å². The number of nitrogens with zero attached hydrogens (tertiary/aromatic N) is 1. The van der Waals surface area contributed by atoms with E-state index in [9.17, 15) is 0 Å². The van der Waals surface area contributed by atoms with Gasteiger partial charge in [-0.1, -0.05) is 6.07 Å². The third kappa shape index (κ3) is 1.33. The molecule has 4 heteroatoms. The molecule has 1 atom stereocenters. The molecule has 1 aromatic heterocycles. The fourth-order valence-corrected chi connectivity index (χ4v) is 1.85. The molecule has 1 aromatic carbocycles. The molecular weight excluding hydrogens is 190 g/mol. The Morgan fingerprint density at radius 3 is 2.93 bits per heavy atom. The maximum Gasteiger partial charge on any atom is 0.181 e. The summed E-state index contributed by atoms with van der Waals surface area (Å²) in [6.07, 6.45) is 3.44. The summed E-state index contributed by atoms with van der Waals surface area (Å²) in [4.78, 5) is 4.06. The first-order valence-corrected chi connectivity index (χ1v) is 5.07. The second-order valence-corrected chi connectivity index (χ2v) is 4.29. The fraction of sp³-hybridized carbons (Fsp3) is 0.364. The van der Waals surface area contributed by atoms with Gasteiger partial charge in [0.25, 0.3) is 0 Å². The fourth-order valence-electron chi connectivity index (χ4n) is 1.85. The Labute approximate surface area is 87.3 Å². The van der Waals surface area contributed by atoms with Crippen LogP contribution >= 0.6 is 0 Å². The summed E-state index contributed by atoms with van der Waals surface area (Å²) in [6, 6.07) is 5.72. The highest BCUT2D eigenvalue weighted by Crippen LogP contribution is 2.42. The van der Waals surface area contributed by atoms with Gasteiger partial charge in [0.15, 0.2) is 12.0 Å². The molecule has 0 saturated heterocycles. The first kappa shape index (κ1) is 8.88. The van der Waals surface area contributed by atoms with Crippen LogP contribution in [0.15, 0.2) is 29.0 Å². The molecular formula is C11H13N3O. The van der Waals surface area contributed by atoms with Crippen molar-refractivity contribution < 1.29 is 4.42 Å². The van der Waals surface area contributed by atoms with Crippen LogP contribution in [0.2, 0.25) is 0 Å². The monoisotopic (exact) mass is 203 g/mol. The van der Waals surface area contributed by atoms with Crippen LogP contribution in [0.25, 0.3) is 11.1 Å². The molecule has 0 bridgehead atoms. The summed E-state index contributed by atoms with van der Waals surface area (Å²) >= 11 is 0. The Kier molecular flexibility index (Phi) is 1.66. The standard InChI is InChI=1S/C11H13N3O/c12-10(11(13)3-4-11)7-1-2-8-9(5-7)15-6-14-8/h1-2,5-6,10H,3-4,12-13H2. The van der Waals surface area contributed by atoms with Crippen LogP contribution in [0.5, 0.6) is 0 Å². The molecule has 1 fully saturated rings. The third-order valence-electron chi connectivity index (χ3n) is 3.16. The normalized spacial score (nSPS) is 20.4. The van der Waals surface area contributed by atoms with Gasteiger partial charge in [-0.25, -0.2) is 4.98 Å². The van der Waals surface area contributed by atoms with E-state index in [0.717, 1.165) is 29.5 Å². The molecule has 0 amide bonds. The molecule has 78 valence electrons. The van der Waals surface area contributed by atoms with Crippen LogP contribution in [-0.4, -0.2) is 10.5 Å². The molecule has 0 spiro atoms. The summed E-state index contributed by atoms with van der Waals surface area (Å²) < 4.78 is 5.23. The minimum atomic E-state index is -0.201. The van der Waals surface area contributed by atoms with Crippen molar-refractivity contribution in [2.45, 2.75) is 24.4 Å². The van der Waals surface area contributed by atoms with E-state index in [1.165, 1.54) is 6.39 Å². The molecule has 0 aliphatic heterocycles. The SMILES string of the molecule is NC(c1ccc2ncoc2c1)C1(N)CC1. The highest BCUT2D eigenvalue weighted by Gasteiger charge is 2.44. The van der Waals surface area contributed by atoms with Crippen LogP contribution in [0, 0.1) is 0 Å². The molecule has 1 saturated carbocycles. The Morgan fingerprint density at radius 1 is 1.40 bits per heavy atom. The molecule has 3 rings (SSSR count). The van der Waals surface area contributed by atoms with Crippen molar-refractivity contribution in [2.24, 2.45) is 11.5 Å². The Morgan fingerprint density at radius 2 is 2.20 bits per heavy atom. The van der Waals surface area contributed by atoms with Crippen LogP contribution in [0.4, 0.5) is 0 Å². The predicted octanol–water partition coefficient (Wildman–Crippen LogP) is 1.32. The first-order valence-electron chi connectivity index (χ1n) is 5.07. The smallest absolute Gasteiger partial charge is 0.181 e. The van der Waals surface area contributed by atoms with Gasteiger partial charge in [0.05, 0.1) is 0 Å². The second kappa shape index (κ2) is 2.81. The molecule has 1 aliphatic rings. The Bertz CT molecular complexity index is 501. The number of rotatable bonds is 2. The summed E-state index contributed by atoms with van der Waals surface area (Å²) in [6.45, 7) is 0. The molecule has 1 heterocycles. The molecule has 4 N–H and O–H groups in total. The van der Waals surface area contributed by atoms with E-state index in [0.29, 0.717) is 0 Å². The largest absolute Gasteiger partial charge is 0.443 e. The Balaban J connectivity index is 2.03. The number of nitrogens with two attached hydrogens (primary N) is 2. The second-order valence-electron chi connectivity index (χ2n) is 4.29. The van der Waals surface area contributed by atoms with Gasteiger partial charge in [-0.2, -0.15) is 0 Å². The van der Waals surface area contributed by atoms with Crippen LogP contribution in [-0.2, 0) is 0 Å². The van der Waals surface area contributed by atoms with Gasteiger partial charge in [-0.05, 0) is 30.5 Å². The zero-order chi connectivity index (χ0) is 10.5. The van der Waals surface area contributed by atoms with Crippen molar-refractivity contribution >= 4 is 11.1 Å². The first-order chi connectivity index (χ1) is 7.19.